The second kappa shape index (κ2) is 7.95. The summed E-state index contributed by atoms with van der Waals surface area (Å²) in [6.07, 6.45) is 3.08. The van der Waals surface area contributed by atoms with Gasteiger partial charge in [0.15, 0.2) is 5.58 Å². The summed E-state index contributed by atoms with van der Waals surface area (Å²) in [6, 6.07) is 16.3. The zero-order chi connectivity index (χ0) is 18.2. The van der Waals surface area contributed by atoms with Crippen LogP contribution in [-0.4, -0.2) is 29.7 Å². The van der Waals surface area contributed by atoms with Crippen LogP contribution in [0.1, 0.15) is 35.9 Å². The molecule has 0 radical (unpaired) electrons. The third kappa shape index (κ3) is 3.09. The van der Waals surface area contributed by atoms with Gasteiger partial charge in [-0.25, -0.2) is 0 Å². The monoisotopic (exact) mass is 397 g/mol. The third-order valence-corrected chi connectivity index (χ3v) is 5.56. The number of hydrogen-bond acceptors (Lipinski definition) is 5. The Balaban J connectivity index is 0.00000192. The van der Waals surface area contributed by atoms with Gasteiger partial charge >= 0.3 is 0 Å². The van der Waals surface area contributed by atoms with Crippen molar-refractivity contribution in [1.82, 2.24) is 10.1 Å². The number of halogens is 1. The summed E-state index contributed by atoms with van der Waals surface area (Å²) in [5.41, 5.74) is 9.72. The fraction of sp³-hybridized carbons (Fsp3) is 0.318. The topological polar surface area (TPSA) is 68.4 Å². The molecule has 0 amide bonds. The number of benzene rings is 2. The van der Waals surface area contributed by atoms with Gasteiger partial charge in [0.1, 0.15) is 23.1 Å². The van der Waals surface area contributed by atoms with Crippen LogP contribution in [0.4, 0.5) is 0 Å². The van der Waals surface area contributed by atoms with Crippen LogP contribution in [0.2, 0.25) is 0 Å². The first kappa shape index (κ1) is 19.0. The van der Waals surface area contributed by atoms with E-state index in [1.54, 1.807) is 0 Å². The zero-order valence-electron chi connectivity index (χ0n) is 15.6. The van der Waals surface area contributed by atoms with E-state index in [1.165, 1.54) is 10.9 Å². The van der Waals surface area contributed by atoms with Gasteiger partial charge in [-0.3, -0.25) is 4.90 Å². The van der Waals surface area contributed by atoms with Gasteiger partial charge in [0, 0.05) is 22.9 Å². The molecule has 6 heteroatoms. The molecule has 2 aromatic carbocycles. The zero-order valence-corrected chi connectivity index (χ0v) is 16.5. The summed E-state index contributed by atoms with van der Waals surface area (Å²) in [6.45, 7) is 2.67. The summed E-state index contributed by atoms with van der Waals surface area (Å²) >= 11 is 0. The Morgan fingerprint density at radius 2 is 1.75 bits per heavy atom. The minimum absolute atomic E-state index is 0. The number of para-hydroxylation sites is 2. The first-order chi connectivity index (χ1) is 13.4. The molecule has 3 heterocycles. The molecule has 2 N–H and O–H groups in total. The lowest BCUT2D eigenvalue weighted by atomic mass is 9.94. The summed E-state index contributed by atoms with van der Waals surface area (Å²) in [5, 5.41) is 6.74. The third-order valence-electron chi connectivity index (χ3n) is 5.56. The molecule has 146 valence electrons. The minimum Gasteiger partial charge on any atom is -0.459 e. The Kier molecular flexibility index (Phi) is 5.40. The van der Waals surface area contributed by atoms with E-state index >= 15 is 0 Å². The highest BCUT2D eigenvalue weighted by molar-refractivity contribution is 5.85. The molecule has 5 rings (SSSR count). The number of unbranched alkanes of at least 4 members (excludes halogenated alkanes) is 1. The van der Waals surface area contributed by atoms with Crippen LogP contribution in [0, 0.1) is 0 Å². The molecular weight excluding hydrogens is 374 g/mol. The van der Waals surface area contributed by atoms with Gasteiger partial charge < -0.3 is 14.7 Å². The Morgan fingerprint density at radius 3 is 2.57 bits per heavy atom. The molecule has 0 spiro atoms. The average Bonchev–Trinajstić information content (AvgIpc) is 3.29. The van der Waals surface area contributed by atoms with Crippen molar-refractivity contribution >= 4 is 34.3 Å². The Hall–Kier alpha value is -2.34. The SMILES string of the molecule is Cl.NCCCCN1CCc2c(oc3ccccc23)C1c1noc2ccccc12. The van der Waals surface area contributed by atoms with Gasteiger partial charge in [0.2, 0.25) is 0 Å². The molecule has 1 unspecified atom stereocenters. The summed E-state index contributed by atoms with van der Waals surface area (Å²) in [4.78, 5) is 2.46. The molecule has 0 saturated heterocycles. The summed E-state index contributed by atoms with van der Waals surface area (Å²) in [5.74, 6) is 1.01. The van der Waals surface area contributed by atoms with Crippen molar-refractivity contribution < 1.29 is 8.94 Å². The first-order valence-corrected chi connectivity index (χ1v) is 9.65. The Bertz CT molecular complexity index is 1090. The van der Waals surface area contributed by atoms with E-state index in [4.69, 9.17) is 14.7 Å². The van der Waals surface area contributed by atoms with E-state index in [-0.39, 0.29) is 18.4 Å². The molecule has 0 bridgehead atoms. The minimum atomic E-state index is -0.0254. The van der Waals surface area contributed by atoms with Gasteiger partial charge in [-0.2, -0.15) is 0 Å². The molecule has 1 atom stereocenters. The number of fused-ring (bicyclic) bond motifs is 4. The van der Waals surface area contributed by atoms with Crippen LogP contribution in [0.15, 0.2) is 57.5 Å². The van der Waals surface area contributed by atoms with Crippen molar-refractivity contribution in [1.29, 1.82) is 0 Å². The second-order valence-corrected chi connectivity index (χ2v) is 7.19. The average molecular weight is 398 g/mol. The lowest BCUT2D eigenvalue weighted by Crippen LogP contribution is -2.36. The Morgan fingerprint density at radius 1 is 1.00 bits per heavy atom. The smallest absolute Gasteiger partial charge is 0.167 e. The molecule has 0 fully saturated rings. The number of aromatic nitrogens is 1. The molecule has 2 aromatic heterocycles. The van der Waals surface area contributed by atoms with Crippen LogP contribution in [0.5, 0.6) is 0 Å². The van der Waals surface area contributed by atoms with Crippen LogP contribution in [-0.2, 0) is 6.42 Å². The van der Waals surface area contributed by atoms with Crippen molar-refractivity contribution in [3.8, 4) is 0 Å². The van der Waals surface area contributed by atoms with Gasteiger partial charge in [0.25, 0.3) is 0 Å². The maximum absolute atomic E-state index is 6.36. The number of nitrogens with two attached hydrogens (primary N) is 1. The van der Waals surface area contributed by atoms with Crippen molar-refractivity contribution in [2.75, 3.05) is 19.6 Å². The van der Waals surface area contributed by atoms with E-state index < -0.39 is 0 Å². The van der Waals surface area contributed by atoms with Crippen LogP contribution < -0.4 is 5.73 Å². The molecular formula is C22H24ClN3O2. The number of nitrogens with zero attached hydrogens (tertiary/aromatic N) is 2. The molecule has 4 aromatic rings. The number of furan rings is 1. The highest BCUT2D eigenvalue weighted by Crippen LogP contribution is 2.42. The maximum atomic E-state index is 6.36. The van der Waals surface area contributed by atoms with Crippen LogP contribution >= 0.6 is 12.4 Å². The van der Waals surface area contributed by atoms with Crippen LogP contribution in [0.25, 0.3) is 21.9 Å². The van der Waals surface area contributed by atoms with E-state index in [0.29, 0.717) is 0 Å². The highest BCUT2D eigenvalue weighted by Gasteiger charge is 2.36. The first-order valence-electron chi connectivity index (χ1n) is 9.65. The van der Waals surface area contributed by atoms with E-state index in [9.17, 15) is 0 Å². The van der Waals surface area contributed by atoms with Gasteiger partial charge in [-0.15, -0.1) is 12.4 Å². The fourth-order valence-electron chi connectivity index (χ4n) is 4.25. The number of hydrogen-bond donors (Lipinski definition) is 1. The number of rotatable bonds is 5. The van der Waals surface area contributed by atoms with Gasteiger partial charge in [-0.05, 0) is 50.6 Å². The molecule has 5 nitrogen and oxygen atoms in total. The largest absolute Gasteiger partial charge is 0.459 e. The molecule has 0 saturated carbocycles. The summed E-state index contributed by atoms with van der Waals surface area (Å²) in [7, 11) is 0. The quantitative estimate of drug-likeness (QED) is 0.495. The Labute approximate surface area is 169 Å². The second-order valence-electron chi connectivity index (χ2n) is 7.19. The molecule has 0 aliphatic carbocycles. The predicted molar refractivity (Wildman–Crippen MR) is 113 cm³/mol. The fourth-order valence-corrected chi connectivity index (χ4v) is 4.25. The van der Waals surface area contributed by atoms with Gasteiger partial charge in [-0.1, -0.05) is 35.5 Å². The van der Waals surface area contributed by atoms with Crippen molar-refractivity contribution in [2.24, 2.45) is 5.73 Å². The lowest BCUT2D eigenvalue weighted by Gasteiger charge is -2.33. The van der Waals surface area contributed by atoms with E-state index in [2.05, 4.69) is 28.3 Å². The predicted octanol–water partition coefficient (Wildman–Crippen LogP) is 4.68. The molecule has 1 aliphatic rings. The highest BCUT2D eigenvalue weighted by atomic mass is 35.5. The lowest BCUT2D eigenvalue weighted by molar-refractivity contribution is 0.181. The van der Waals surface area contributed by atoms with Gasteiger partial charge in [0.05, 0.1) is 0 Å². The standard InChI is InChI=1S/C22H23N3O2.ClH/c23-12-5-6-13-25-14-11-16-15-7-1-3-9-18(15)26-22(16)21(25)20-17-8-2-4-10-19(17)27-24-20;/h1-4,7-10,21H,5-6,11-14,23H2;1H. The molecule has 28 heavy (non-hydrogen) atoms. The van der Waals surface area contributed by atoms with E-state index in [1.807, 2.05) is 30.3 Å². The van der Waals surface area contributed by atoms with Crippen LogP contribution in [0.3, 0.4) is 0 Å². The summed E-state index contributed by atoms with van der Waals surface area (Å²) < 4.78 is 12.0. The maximum Gasteiger partial charge on any atom is 0.167 e. The van der Waals surface area contributed by atoms with E-state index in [0.717, 1.165) is 66.9 Å². The normalized spacial score (nSPS) is 17.0. The van der Waals surface area contributed by atoms with Crippen molar-refractivity contribution in [3.05, 3.63) is 65.5 Å². The van der Waals surface area contributed by atoms with Crippen molar-refractivity contribution in [3.63, 3.8) is 0 Å². The van der Waals surface area contributed by atoms with Crippen molar-refractivity contribution in [2.45, 2.75) is 25.3 Å². The molecule has 1 aliphatic heterocycles.